The zero-order valence-electron chi connectivity index (χ0n) is 21.6. The number of hydrogen-bond acceptors (Lipinski definition) is 6. The Kier molecular flexibility index (Phi) is 7.53. The Morgan fingerprint density at radius 3 is 2.26 bits per heavy atom. The number of carbonyl (C=O) groups is 2. The van der Waals surface area contributed by atoms with Gasteiger partial charge in [-0.25, -0.2) is 4.90 Å². The van der Waals surface area contributed by atoms with Gasteiger partial charge in [-0.15, -0.1) is 6.58 Å². The van der Waals surface area contributed by atoms with Crippen molar-refractivity contribution >= 4 is 17.5 Å². The minimum Gasteiger partial charge on any atom is -0.392 e. The van der Waals surface area contributed by atoms with Crippen LogP contribution in [0.2, 0.25) is 0 Å². The number of fused-ring (bicyclic) bond motifs is 1. The maximum absolute atomic E-state index is 13.1. The van der Waals surface area contributed by atoms with Crippen molar-refractivity contribution in [2.75, 3.05) is 25.0 Å². The van der Waals surface area contributed by atoms with Crippen LogP contribution in [0.3, 0.4) is 0 Å². The molecule has 1 saturated heterocycles. The summed E-state index contributed by atoms with van der Waals surface area (Å²) in [7, 11) is 2.02. The summed E-state index contributed by atoms with van der Waals surface area (Å²) in [5.74, 6) is -0.641. The summed E-state index contributed by atoms with van der Waals surface area (Å²) in [5, 5.41) is 9.47. The van der Waals surface area contributed by atoms with E-state index in [0.717, 1.165) is 23.2 Å². The molecule has 4 unspecified atom stereocenters. The number of hydrogen-bond donors (Lipinski definition) is 1. The maximum Gasteiger partial charge on any atom is 0.266 e. The molecule has 196 valence electrons. The highest BCUT2D eigenvalue weighted by atomic mass is 16.7. The molecule has 3 aromatic rings. The Morgan fingerprint density at radius 1 is 0.947 bits per heavy atom. The third kappa shape index (κ3) is 4.93. The van der Waals surface area contributed by atoms with Crippen molar-refractivity contribution < 1.29 is 24.2 Å². The van der Waals surface area contributed by atoms with Gasteiger partial charge < -0.3 is 19.5 Å². The van der Waals surface area contributed by atoms with Crippen molar-refractivity contribution in [3.8, 4) is 0 Å². The molecule has 2 heterocycles. The number of nitrogens with zero attached hydrogens (tertiary/aromatic N) is 2. The lowest BCUT2D eigenvalue weighted by Gasteiger charge is -2.42. The summed E-state index contributed by atoms with van der Waals surface area (Å²) in [6.07, 6.45) is 0.750. The number of rotatable bonds is 8. The van der Waals surface area contributed by atoms with Crippen LogP contribution in [0.5, 0.6) is 0 Å². The lowest BCUT2D eigenvalue weighted by molar-refractivity contribution is -0.275. The normalized spacial score (nSPS) is 23.1. The van der Waals surface area contributed by atoms with E-state index in [1.54, 1.807) is 36.4 Å². The summed E-state index contributed by atoms with van der Waals surface area (Å²) >= 11 is 0. The number of aliphatic hydroxyl groups is 1. The van der Waals surface area contributed by atoms with Gasteiger partial charge in [0.15, 0.2) is 6.29 Å². The molecule has 0 radical (unpaired) electrons. The van der Waals surface area contributed by atoms with Crippen molar-refractivity contribution in [2.45, 2.75) is 32.0 Å². The monoisotopic (exact) mass is 512 g/mol. The van der Waals surface area contributed by atoms with Crippen LogP contribution in [-0.2, 0) is 16.1 Å². The predicted octanol–water partition coefficient (Wildman–Crippen LogP) is 4.89. The molecule has 1 N–H and O–H groups in total. The molecule has 0 bridgehead atoms. The van der Waals surface area contributed by atoms with Gasteiger partial charge in [-0.05, 0) is 42.4 Å². The van der Waals surface area contributed by atoms with Crippen LogP contribution in [0.1, 0.15) is 56.7 Å². The van der Waals surface area contributed by atoms with Crippen LogP contribution in [0, 0.1) is 5.92 Å². The Morgan fingerprint density at radius 2 is 1.63 bits per heavy atom. The summed E-state index contributed by atoms with van der Waals surface area (Å²) in [5.41, 5.74) is 3.83. The number of carbonyl (C=O) groups excluding carboxylic acids is 2. The summed E-state index contributed by atoms with van der Waals surface area (Å²) in [6.45, 7) is 7.34. The average Bonchev–Trinajstić information content (AvgIpc) is 3.19. The van der Waals surface area contributed by atoms with E-state index in [4.69, 9.17) is 9.47 Å². The van der Waals surface area contributed by atoms with Gasteiger partial charge in [-0.1, -0.05) is 61.5 Å². The van der Waals surface area contributed by atoms with Gasteiger partial charge in [-0.2, -0.15) is 0 Å². The zero-order valence-corrected chi connectivity index (χ0v) is 21.6. The number of likely N-dealkylation sites (N-methyl/N-ethyl adjacent to an activating group) is 1. The van der Waals surface area contributed by atoms with Crippen molar-refractivity contribution in [1.29, 1.82) is 0 Å². The molecular weight excluding hydrogens is 480 g/mol. The number of amides is 2. The van der Waals surface area contributed by atoms with Gasteiger partial charge in [-0.3, -0.25) is 9.59 Å². The molecule has 7 heteroatoms. The molecule has 38 heavy (non-hydrogen) atoms. The largest absolute Gasteiger partial charge is 0.392 e. The Balaban J connectivity index is 1.46. The van der Waals surface area contributed by atoms with Crippen LogP contribution >= 0.6 is 0 Å². The third-order valence-corrected chi connectivity index (χ3v) is 7.25. The maximum atomic E-state index is 13.1. The highest BCUT2D eigenvalue weighted by molar-refractivity contribution is 6.34. The van der Waals surface area contributed by atoms with Crippen LogP contribution < -0.4 is 4.90 Å². The van der Waals surface area contributed by atoms with E-state index in [1.807, 2.05) is 49.5 Å². The molecule has 4 atom stereocenters. The fourth-order valence-electron chi connectivity index (χ4n) is 5.16. The number of benzene rings is 3. The minimum absolute atomic E-state index is 0.0212. The predicted molar refractivity (Wildman–Crippen MR) is 145 cm³/mol. The van der Waals surface area contributed by atoms with Crippen molar-refractivity contribution in [2.24, 2.45) is 5.92 Å². The standard InChI is InChI=1S/C31H32N2O5/c1-4-16-32(3)18-27-20(2)28(22-14-12-21(19-34)13-15-22)38-31(37-27)23-8-7-9-24(17-23)33-29(35)25-10-5-6-11-26(25)30(33)36/h4-15,17,20,27-28,31,34H,1,16,18-19H2,2-3H3. The van der Waals surface area contributed by atoms with E-state index >= 15 is 0 Å². The Bertz CT molecular complexity index is 1300. The molecule has 5 rings (SSSR count). The van der Waals surface area contributed by atoms with Gasteiger partial charge in [0.05, 0.1) is 35.6 Å². The van der Waals surface area contributed by atoms with Crippen molar-refractivity contribution in [1.82, 2.24) is 4.90 Å². The molecule has 2 amide bonds. The molecule has 2 aliphatic heterocycles. The second-order valence-corrected chi connectivity index (χ2v) is 9.92. The first-order valence-electron chi connectivity index (χ1n) is 12.8. The number of imide groups is 1. The van der Waals surface area contributed by atoms with E-state index in [1.165, 1.54) is 4.90 Å². The number of aliphatic hydroxyl groups excluding tert-OH is 1. The molecule has 1 fully saturated rings. The van der Waals surface area contributed by atoms with E-state index in [-0.39, 0.29) is 36.5 Å². The molecular formula is C31H32N2O5. The van der Waals surface area contributed by atoms with Crippen LogP contribution in [0.4, 0.5) is 5.69 Å². The smallest absolute Gasteiger partial charge is 0.266 e. The minimum atomic E-state index is -0.703. The van der Waals surface area contributed by atoms with Gasteiger partial charge in [0.25, 0.3) is 11.8 Å². The first-order chi connectivity index (χ1) is 18.4. The molecule has 0 aromatic heterocycles. The van der Waals surface area contributed by atoms with Crippen LogP contribution in [0.25, 0.3) is 0 Å². The highest BCUT2D eigenvalue weighted by Crippen LogP contribution is 2.42. The fraction of sp³-hybridized carbons (Fsp3) is 0.290. The first kappa shape index (κ1) is 26.0. The SMILES string of the molecule is C=CCN(C)CC1OC(c2cccc(N3C(=O)c4ccccc4C3=O)c2)OC(c2ccc(CO)cc2)C1C. The molecule has 7 nitrogen and oxygen atoms in total. The topological polar surface area (TPSA) is 79.3 Å². The molecule has 0 aliphatic carbocycles. The van der Waals surface area contributed by atoms with E-state index in [9.17, 15) is 14.7 Å². The second kappa shape index (κ2) is 11.0. The third-order valence-electron chi connectivity index (χ3n) is 7.25. The Labute approximate surface area is 222 Å². The van der Waals surface area contributed by atoms with Gasteiger partial charge >= 0.3 is 0 Å². The molecule has 2 aliphatic rings. The van der Waals surface area contributed by atoms with E-state index in [0.29, 0.717) is 23.4 Å². The van der Waals surface area contributed by atoms with Gasteiger partial charge in [0, 0.05) is 24.6 Å². The lowest BCUT2D eigenvalue weighted by atomic mass is 9.90. The average molecular weight is 513 g/mol. The first-order valence-corrected chi connectivity index (χ1v) is 12.8. The lowest BCUT2D eigenvalue weighted by Crippen LogP contribution is -2.43. The van der Waals surface area contributed by atoms with Crippen molar-refractivity contribution in [3.05, 3.63) is 113 Å². The molecule has 3 aromatic carbocycles. The highest BCUT2D eigenvalue weighted by Gasteiger charge is 2.40. The summed E-state index contributed by atoms with van der Waals surface area (Å²) in [6, 6.07) is 21.9. The van der Waals surface area contributed by atoms with Crippen LogP contribution in [-0.4, -0.2) is 48.1 Å². The Hall–Kier alpha value is -3.62. The number of ether oxygens (including phenoxy) is 2. The van der Waals surface area contributed by atoms with Crippen LogP contribution in [0.15, 0.2) is 85.5 Å². The molecule has 0 spiro atoms. The fourth-order valence-corrected chi connectivity index (χ4v) is 5.16. The van der Waals surface area contributed by atoms with Gasteiger partial charge in [0.2, 0.25) is 0 Å². The molecule has 0 saturated carbocycles. The second-order valence-electron chi connectivity index (χ2n) is 9.92. The summed E-state index contributed by atoms with van der Waals surface area (Å²) in [4.78, 5) is 29.5. The summed E-state index contributed by atoms with van der Waals surface area (Å²) < 4.78 is 13.0. The van der Waals surface area contributed by atoms with E-state index < -0.39 is 6.29 Å². The van der Waals surface area contributed by atoms with E-state index in [2.05, 4.69) is 18.4 Å². The number of anilines is 1. The quantitative estimate of drug-likeness (QED) is 0.342. The van der Waals surface area contributed by atoms with Crippen molar-refractivity contribution in [3.63, 3.8) is 0 Å². The zero-order chi connectivity index (χ0) is 26.8. The van der Waals surface area contributed by atoms with Gasteiger partial charge in [0.1, 0.15) is 0 Å².